The van der Waals surface area contributed by atoms with Gasteiger partial charge >= 0.3 is 0 Å². The van der Waals surface area contributed by atoms with E-state index in [0.29, 0.717) is 5.75 Å². The molecule has 19 heavy (non-hydrogen) atoms. The highest BCUT2D eigenvalue weighted by atomic mass is 16.3. The van der Waals surface area contributed by atoms with Crippen LogP contribution in [0.2, 0.25) is 0 Å². The summed E-state index contributed by atoms with van der Waals surface area (Å²) in [4.78, 5) is 2.46. The van der Waals surface area contributed by atoms with E-state index < -0.39 is 0 Å². The summed E-state index contributed by atoms with van der Waals surface area (Å²) in [5, 5.41) is 13.2. The zero-order valence-electron chi connectivity index (χ0n) is 12.8. The van der Waals surface area contributed by atoms with Gasteiger partial charge < -0.3 is 15.3 Å². The van der Waals surface area contributed by atoms with Crippen molar-refractivity contribution in [2.75, 3.05) is 26.2 Å². The van der Waals surface area contributed by atoms with E-state index in [-0.39, 0.29) is 0 Å². The molecule has 0 amide bonds. The maximum Gasteiger partial charge on any atom is 0.121 e. The summed E-state index contributed by atoms with van der Waals surface area (Å²) in [5.74, 6) is 0.420. The van der Waals surface area contributed by atoms with E-state index in [1.165, 1.54) is 18.5 Å². The molecule has 0 saturated carbocycles. The smallest absolute Gasteiger partial charge is 0.121 e. The van der Waals surface area contributed by atoms with Crippen molar-refractivity contribution < 1.29 is 5.11 Å². The third-order valence-corrected chi connectivity index (χ3v) is 3.47. The Labute approximate surface area is 117 Å². The van der Waals surface area contributed by atoms with E-state index in [1.807, 2.05) is 13.8 Å². The van der Waals surface area contributed by atoms with Gasteiger partial charge in [0.2, 0.25) is 0 Å². The van der Waals surface area contributed by atoms with Gasteiger partial charge in [0.1, 0.15) is 5.75 Å². The highest BCUT2D eigenvalue weighted by Crippen LogP contribution is 2.22. The molecule has 3 heteroatoms. The molecule has 0 saturated heterocycles. The lowest BCUT2D eigenvalue weighted by Crippen LogP contribution is -2.32. The predicted octanol–water partition coefficient (Wildman–Crippen LogP) is 2.83. The Morgan fingerprint density at radius 1 is 1.11 bits per heavy atom. The first-order valence-corrected chi connectivity index (χ1v) is 7.30. The number of hydrogen-bond acceptors (Lipinski definition) is 3. The summed E-state index contributed by atoms with van der Waals surface area (Å²) in [7, 11) is 0. The van der Waals surface area contributed by atoms with E-state index in [2.05, 4.69) is 36.2 Å². The second-order valence-electron chi connectivity index (χ2n) is 5.19. The van der Waals surface area contributed by atoms with Crippen LogP contribution in [-0.2, 0) is 6.54 Å². The fraction of sp³-hybridized carbons (Fsp3) is 0.625. The van der Waals surface area contributed by atoms with Gasteiger partial charge in [0, 0.05) is 19.6 Å². The van der Waals surface area contributed by atoms with Gasteiger partial charge in [-0.1, -0.05) is 26.0 Å². The van der Waals surface area contributed by atoms with Crippen LogP contribution in [0.5, 0.6) is 5.75 Å². The van der Waals surface area contributed by atoms with Crippen molar-refractivity contribution in [2.24, 2.45) is 0 Å². The van der Waals surface area contributed by atoms with Crippen molar-refractivity contribution in [1.29, 1.82) is 0 Å². The van der Waals surface area contributed by atoms with Gasteiger partial charge in [0.25, 0.3) is 0 Å². The SMILES string of the molecule is CCCN(CC)CCNCc1cc(C)c(O)c(C)c1. The van der Waals surface area contributed by atoms with Crippen molar-refractivity contribution in [1.82, 2.24) is 10.2 Å². The Balaban J connectivity index is 2.37. The summed E-state index contributed by atoms with van der Waals surface area (Å²) in [5.41, 5.74) is 3.15. The van der Waals surface area contributed by atoms with Crippen molar-refractivity contribution in [2.45, 2.75) is 40.7 Å². The number of benzene rings is 1. The number of aryl methyl sites for hydroxylation is 2. The van der Waals surface area contributed by atoms with Crippen LogP contribution in [0, 0.1) is 13.8 Å². The van der Waals surface area contributed by atoms with Crippen LogP contribution in [0.3, 0.4) is 0 Å². The molecule has 0 heterocycles. The summed E-state index contributed by atoms with van der Waals surface area (Å²) >= 11 is 0. The summed E-state index contributed by atoms with van der Waals surface area (Å²) in [6.45, 7) is 13.6. The second kappa shape index (κ2) is 8.18. The quantitative estimate of drug-likeness (QED) is 0.709. The van der Waals surface area contributed by atoms with Crippen molar-refractivity contribution >= 4 is 0 Å². The molecule has 0 aliphatic carbocycles. The van der Waals surface area contributed by atoms with Crippen molar-refractivity contribution in [3.05, 3.63) is 28.8 Å². The average molecular weight is 264 g/mol. The first-order chi connectivity index (χ1) is 9.08. The molecule has 1 aromatic rings. The van der Waals surface area contributed by atoms with Gasteiger partial charge in [-0.05, 0) is 50.0 Å². The molecule has 0 unspecified atom stereocenters. The van der Waals surface area contributed by atoms with Crippen LogP contribution in [0.25, 0.3) is 0 Å². The average Bonchev–Trinajstić information content (AvgIpc) is 2.39. The number of aromatic hydroxyl groups is 1. The Kier molecular flexibility index (Phi) is 6.89. The van der Waals surface area contributed by atoms with Gasteiger partial charge in [-0.25, -0.2) is 0 Å². The monoisotopic (exact) mass is 264 g/mol. The third kappa shape index (κ3) is 5.21. The number of nitrogens with zero attached hydrogens (tertiary/aromatic N) is 1. The van der Waals surface area contributed by atoms with E-state index in [0.717, 1.165) is 37.3 Å². The molecule has 0 aromatic heterocycles. The van der Waals surface area contributed by atoms with Gasteiger partial charge in [0.05, 0.1) is 0 Å². The van der Waals surface area contributed by atoms with Crippen LogP contribution in [0.15, 0.2) is 12.1 Å². The predicted molar refractivity (Wildman–Crippen MR) is 81.7 cm³/mol. The molecule has 0 fully saturated rings. The van der Waals surface area contributed by atoms with E-state index in [1.54, 1.807) is 0 Å². The zero-order valence-corrected chi connectivity index (χ0v) is 12.8. The first kappa shape index (κ1) is 16.0. The van der Waals surface area contributed by atoms with E-state index in [4.69, 9.17) is 0 Å². The van der Waals surface area contributed by atoms with E-state index >= 15 is 0 Å². The van der Waals surface area contributed by atoms with Crippen LogP contribution in [0.4, 0.5) is 0 Å². The van der Waals surface area contributed by atoms with Crippen molar-refractivity contribution in [3.63, 3.8) is 0 Å². The van der Waals surface area contributed by atoms with Crippen LogP contribution >= 0.6 is 0 Å². The molecule has 0 radical (unpaired) electrons. The highest BCUT2D eigenvalue weighted by molar-refractivity contribution is 5.42. The lowest BCUT2D eigenvalue weighted by atomic mass is 10.1. The number of likely N-dealkylation sites (N-methyl/N-ethyl adjacent to an activating group) is 1. The molecule has 0 atom stereocenters. The summed E-state index contributed by atoms with van der Waals surface area (Å²) in [6.07, 6.45) is 1.21. The number of phenolic OH excluding ortho intramolecular Hbond substituents is 1. The topological polar surface area (TPSA) is 35.5 Å². The maximum absolute atomic E-state index is 9.74. The molecule has 0 aliphatic rings. The Morgan fingerprint density at radius 3 is 2.26 bits per heavy atom. The zero-order chi connectivity index (χ0) is 14.3. The summed E-state index contributed by atoms with van der Waals surface area (Å²) < 4.78 is 0. The van der Waals surface area contributed by atoms with Crippen LogP contribution < -0.4 is 5.32 Å². The normalized spacial score (nSPS) is 11.2. The van der Waals surface area contributed by atoms with E-state index in [9.17, 15) is 5.11 Å². The molecular weight excluding hydrogens is 236 g/mol. The largest absolute Gasteiger partial charge is 0.507 e. The van der Waals surface area contributed by atoms with Gasteiger partial charge in [0.15, 0.2) is 0 Å². The fourth-order valence-electron chi connectivity index (χ4n) is 2.36. The maximum atomic E-state index is 9.74. The van der Waals surface area contributed by atoms with Gasteiger partial charge in [-0.3, -0.25) is 0 Å². The number of nitrogens with one attached hydrogen (secondary N) is 1. The van der Waals surface area contributed by atoms with Gasteiger partial charge in [-0.15, -0.1) is 0 Å². The van der Waals surface area contributed by atoms with Crippen LogP contribution in [0.1, 0.15) is 37.0 Å². The molecule has 0 aliphatic heterocycles. The van der Waals surface area contributed by atoms with Crippen LogP contribution in [-0.4, -0.2) is 36.2 Å². The fourth-order valence-corrected chi connectivity index (χ4v) is 2.36. The van der Waals surface area contributed by atoms with Gasteiger partial charge in [-0.2, -0.15) is 0 Å². The number of phenols is 1. The first-order valence-electron chi connectivity index (χ1n) is 7.30. The third-order valence-electron chi connectivity index (χ3n) is 3.47. The Hall–Kier alpha value is -1.06. The molecule has 3 nitrogen and oxygen atoms in total. The lowest BCUT2D eigenvalue weighted by molar-refractivity contribution is 0.287. The Bertz CT molecular complexity index is 367. The number of hydrogen-bond donors (Lipinski definition) is 2. The molecule has 1 aromatic carbocycles. The molecule has 108 valence electrons. The molecule has 0 bridgehead atoms. The minimum Gasteiger partial charge on any atom is -0.507 e. The highest BCUT2D eigenvalue weighted by Gasteiger charge is 2.04. The number of rotatable bonds is 8. The molecule has 2 N–H and O–H groups in total. The lowest BCUT2D eigenvalue weighted by Gasteiger charge is -2.19. The van der Waals surface area contributed by atoms with Crippen molar-refractivity contribution in [3.8, 4) is 5.75 Å². The standard InChI is InChI=1S/C16H28N2O/c1-5-8-18(6-2)9-7-17-12-15-10-13(3)16(19)14(4)11-15/h10-11,17,19H,5-9,12H2,1-4H3. The minimum absolute atomic E-state index is 0.420. The molecule has 0 spiro atoms. The second-order valence-corrected chi connectivity index (χ2v) is 5.19. The summed E-state index contributed by atoms with van der Waals surface area (Å²) in [6, 6.07) is 4.11. The minimum atomic E-state index is 0.420. The Morgan fingerprint density at radius 2 is 1.74 bits per heavy atom. The molecule has 1 rings (SSSR count). The molecular formula is C16H28N2O.